The van der Waals surface area contributed by atoms with Gasteiger partial charge in [0, 0.05) is 13.1 Å². The molecule has 0 saturated carbocycles. The number of aromatic nitrogens is 2. The van der Waals surface area contributed by atoms with Gasteiger partial charge in [0.05, 0.1) is 6.20 Å². The maximum atomic E-state index is 6.13. The van der Waals surface area contributed by atoms with Gasteiger partial charge in [0.25, 0.3) is 0 Å². The lowest BCUT2D eigenvalue weighted by Gasteiger charge is -2.39. The maximum absolute atomic E-state index is 6.13. The summed E-state index contributed by atoms with van der Waals surface area (Å²) in [6, 6.07) is 0. The number of piperidine rings is 1. The van der Waals surface area contributed by atoms with Crippen molar-refractivity contribution in [1.29, 1.82) is 0 Å². The smallest absolute Gasteiger partial charge is 0.224 e. The first-order valence-electron chi connectivity index (χ1n) is 6.31. The molecule has 0 aromatic carbocycles. The molecule has 0 radical (unpaired) electrons. The summed E-state index contributed by atoms with van der Waals surface area (Å²) in [7, 11) is 0. The third-order valence-electron chi connectivity index (χ3n) is 3.72. The van der Waals surface area contributed by atoms with Crippen LogP contribution in [0.15, 0.2) is 6.20 Å². The summed E-state index contributed by atoms with van der Waals surface area (Å²) in [6.07, 6.45) is 3.91. The molecule has 5 heteroatoms. The molecule has 2 heterocycles. The molecule has 1 aromatic heterocycles. The highest BCUT2D eigenvalue weighted by molar-refractivity contribution is 6.33. The van der Waals surface area contributed by atoms with E-state index in [1.807, 2.05) is 0 Å². The molecular weight excluding hydrogens is 269 g/mol. The zero-order chi connectivity index (χ0) is 13.3. The first-order chi connectivity index (χ1) is 8.38. The highest BCUT2D eigenvalue weighted by Crippen LogP contribution is 2.36. The molecule has 1 saturated heterocycles. The van der Waals surface area contributed by atoms with Crippen molar-refractivity contribution >= 4 is 29.0 Å². The second-order valence-electron chi connectivity index (χ2n) is 5.94. The first kappa shape index (κ1) is 13.9. The molecule has 0 unspecified atom stereocenters. The lowest BCUT2D eigenvalue weighted by Crippen LogP contribution is -2.38. The minimum atomic E-state index is 0.257. The summed E-state index contributed by atoms with van der Waals surface area (Å²) in [5.41, 5.74) is 0.374. The molecule has 0 spiro atoms. The van der Waals surface area contributed by atoms with E-state index in [0.717, 1.165) is 24.8 Å². The van der Waals surface area contributed by atoms with Crippen LogP contribution in [0.4, 0.5) is 5.82 Å². The zero-order valence-electron chi connectivity index (χ0n) is 11.1. The number of hydrogen-bond donors (Lipinski definition) is 0. The van der Waals surface area contributed by atoms with Gasteiger partial charge in [0.15, 0.2) is 5.82 Å². The SMILES string of the molecule is CC(C)(C)C1CCN(c2nc(Cl)ncc2Cl)CC1. The number of rotatable bonds is 1. The molecule has 18 heavy (non-hydrogen) atoms. The molecule has 1 aliphatic rings. The fraction of sp³-hybridized carbons (Fsp3) is 0.692. The van der Waals surface area contributed by atoms with Crippen molar-refractivity contribution in [3.8, 4) is 0 Å². The first-order valence-corrected chi connectivity index (χ1v) is 7.06. The lowest BCUT2D eigenvalue weighted by atomic mass is 9.75. The molecule has 1 aliphatic heterocycles. The molecule has 0 bridgehead atoms. The molecular formula is C13H19Cl2N3. The molecule has 100 valence electrons. The van der Waals surface area contributed by atoms with E-state index in [9.17, 15) is 0 Å². The van der Waals surface area contributed by atoms with E-state index in [1.165, 1.54) is 12.8 Å². The van der Waals surface area contributed by atoms with E-state index < -0.39 is 0 Å². The normalized spacial score (nSPS) is 18.2. The Labute approximate surface area is 119 Å². The summed E-state index contributed by atoms with van der Waals surface area (Å²) < 4.78 is 0. The van der Waals surface area contributed by atoms with Crippen LogP contribution in [0.3, 0.4) is 0 Å². The topological polar surface area (TPSA) is 29.0 Å². The van der Waals surface area contributed by atoms with Crippen LogP contribution >= 0.6 is 23.2 Å². The van der Waals surface area contributed by atoms with Crippen LogP contribution in [0.1, 0.15) is 33.6 Å². The monoisotopic (exact) mass is 287 g/mol. The van der Waals surface area contributed by atoms with E-state index in [0.29, 0.717) is 10.4 Å². The fourth-order valence-electron chi connectivity index (χ4n) is 2.52. The molecule has 1 aromatic rings. The van der Waals surface area contributed by atoms with Crippen LogP contribution in [0.25, 0.3) is 0 Å². The van der Waals surface area contributed by atoms with Gasteiger partial charge in [0.1, 0.15) is 5.02 Å². The van der Waals surface area contributed by atoms with Gasteiger partial charge in [0.2, 0.25) is 5.28 Å². The summed E-state index contributed by atoms with van der Waals surface area (Å²) >= 11 is 12.0. The Balaban J connectivity index is 2.08. The summed E-state index contributed by atoms with van der Waals surface area (Å²) in [5.74, 6) is 1.52. The van der Waals surface area contributed by atoms with Crippen LogP contribution in [0, 0.1) is 11.3 Å². The van der Waals surface area contributed by atoms with E-state index in [2.05, 4.69) is 35.6 Å². The van der Waals surface area contributed by atoms with Crippen molar-refractivity contribution in [2.24, 2.45) is 11.3 Å². The molecule has 0 N–H and O–H groups in total. The van der Waals surface area contributed by atoms with Gasteiger partial charge < -0.3 is 4.90 Å². The second kappa shape index (κ2) is 5.22. The molecule has 3 nitrogen and oxygen atoms in total. The maximum Gasteiger partial charge on any atom is 0.224 e. The van der Waals surface area contributed by atoms with Crippen LogP contribution in [0.2, 0.25) is 10.3 Å². The Bertz CT molecular complexity index is 421. The number of nitrogens with zero attached hydrogens (tertiary/aromatic N) is 3. The highest BCUT2D eigenvalue weighted by atomic mass is 35.5. The van der Waals surface area contributed by atoms with Gasteiger partial charge in [-0.25, -0.2) is 4.98 Å². The average molecular weight is 288 g/mol. The largest absolute Gasteiger partial charge is 0.355 e. The predicted octanol–water partition coefficient (Wildman–Crippen LogP) is 4.05. The fourth-order valence-corrected chi connectivity index (χ4v) is 2.86. The zero-order valence-corrected chi connectivity index (χ0v) is 12.6. The van der Waals surface area contributed by atoms with Gasteiger partial charge in [-0.3, -0.25) is 0 Å². The van der Waals surface area contributed by atoms with Crippen molar-refractivity contribution in [1.82, 2.24) is 9.97 Å². The predicted molar refractivity (Wildman–Crippen MR) is 76.4 cm³/mol. The van der Waals surface area contributed by atoms with Gasteiger partial charge in [-0.05, 0) is 35.8 Å². The highest BCUT2D eigenvalue weighted by Gasteiger charge is 2.29. The van der Waals surface area contributed by atoms with Gasteiger partial charge >= 0.3 is 0 Å². The Morgan fingerprint density at radius 1 is 1.22 bits per heavy atom. The molecule has 0 amide bonds. The minimum Gasteiger partial charge on any atom is -0.355 e. The van der Waals surface area contributed by atoms with Crippen molar-refractivity contribution in [3.05, 3.63) is 16.5 Å². The van der Waals surface area contributed by atoms with E-state index >= 15 is 0 Å². The van der Waals surface area contributed by atoms with Gasteiger partial charge in [-0.1, -0.05) is 32.4 Å². The number of hydrogen-bond acceptors (Lipinski definition) is 3. The molecule has 1 fully saturated rings. The van der Waals surface area contributed by atoms with Crippen molar-refractivity contribution in [3.63, 3.8) is 0 Å². The number of anilines is 1. The van der Waals surface area contributed by atoms with Crippen molar-refractivity contribution < 1.29 is 0 Å². The van der Waals surface area contributed by atoms with Gasteiger partial charge in [-0.2, -0.15) is 4.98 Å². The van der Waals surface area contributed by atoms with E-state index in [1.54, 1.807) is 6.20 Å². The van der Waals surface area contributed by atoms with E-state index in [-0.39, 0.29) is 5.28 Å². The van der Waals surface area contributed by atoms with Crippen LogP contribution in [-0.4, -0.2) is 23.1 Å². The third-order valence-corrected chi connectivity index (χ3v) is 4.16. The summed E-state index contributed by atoms with van der Waals surface area (Å²) in [5, 5.41) is 0.834. The van der Waals surface area contributed by atoms with Crippen LogP contribution in [-0.2, 0) is 0 Å². The van der Waals surface area contributed by atoms with E-state index in [4.69, 9.17) is 23.2 Å². The van der Waals surface area contributed by atoms with Gasteiger partial charge in [-0.15, -0.1) is 0 Å². The standard InChI is InChI=1S/C13H19Cl2N3/c1-13(2,3)9-4-6-18(7-5-9)11-10(14)8-16-12(15)17-11/h8-9H,4-7H2,1-3H3. The summed E-state index contributed by atoms with van der Waals surface area (Å²) in [6.45, 7) is 8.88. The minimum absolute atomic E-state index is 0.257. The molecule has 0 aliphatic carbocycles. The Kier molecular flexibility index (Phi) is 4.02. The van der Waals surface area contributed by atoms with Crippen LogP contribution < -0.4 is 4.90 Å². The van der Waals surface area contributed by atoms with Crippen molar-refractivity contribution in [2.75, 3.05) is 18.0 Å². The molecule has 2 rings (SSSR count). The quantitative estimate of drug-likeness (QED) is 0.730. The Hall–Kier alpha value is -0.540. The number of halogens is 2. The Morgan fingerprint density at radius 3 is 2.39 bits per heavy atom. The second-order valence-corrected chi connectivity index (χ2v) is 6.68. The summed E-state index contributed by atoms with van der Waals surface area (Å²) in [4.78, 5) is 10.3. The Morgan fingerprint density at radius 2 is 1.83 bits per heavy atom. The third kappa shape index (κ3) is 3.07. The lowest BCUT2D eigenvalue weighted by molar-refractivity contribution is 0.198. The molecule has 0 atom stereocenters. The van der Waals surface area contributed by atoms with Crippen LogP contribution in [0.5, 0.6) is 0 Å². The average Bonchev–Trinajstić information content (AvgIpc) is 2.31. The van der Waals surface area contributed by atoms with Crippen molar-refractivity contribution in [2.45, 2.75) is 33.6 Å².